The van der Waals surface area contributed by atoms with E-state index in [1.165, 1.54) is 4.90 Å². The molecule has 29 heavy (non-hydrogen) atoms. The number of aromatic amines is 1. The molecule has 11 heteroatoms. The second kappa shape index (κ2) is 7.22. The summed E-state index contributed by atoms with van der Waals surface area (Å²) in [4.78, 5) is 43.5. The van der Waals surface area contributed by atoms with Crippen LogP contribution < -0.4 is 5.32 Å². The molecule has 2 aromatic heterocycles. The molecule has 0 bridgehead atoms. The van der Waals surface area contributed by atoms with Crippen LogP contribution in [0.15, 0.2) is 12.3 Å². The Balaban J connectivity index is 1.48. The number of rotatable bonds is 3. The van der Waals surface area contributed by atoms with Crippen molar-refractivity contribution in [3.05, 3.63) is 46.5 Å². The second-order valence-corrected chi connectivity index (χ2v) is 7.06. The van der Waals surface area contributed by atoms with E-state index in [1.807, 2.05) is 0 Å². The number of likely N-dealkylation sites (N-methyl/N-ethyl adjacent to an activating group) is 1. The van der Waals surface area contributed by atoms with Crippen LogP contribution in [-0.4, -0.2) is 68.9 Å². The van der Waals surface area contributed by atoms with Gasteiger partial charge in [-0.1, -0.05) is 0 Å². The van der Waals surface area contributed by atoms with Gasteiger partial charge in [-0.15, -0.1) is 0 Å². The van der Waals surface area contributed by atoms with E-state index in [2.05, 4.69) is 20.5 Å². The maximum Gasteiger partial charge on any atom is 0.275 e. The standard InChI is InChI=1S/C18H18F2N6O3/c1-25-4-3-12(17(25)28)22-16(27)14-10-2-5-26(8-13(10)23-24-14)18(29)15-11(20)6-9(19)7-21-15/h6-7,12H,2-5,8H2,1H3,(H,22,27)(H,23,24). The lowest BCUT2D eigenvalue weighted by Gasteiger charge is -2.26. The maximum absolute atomic E-state index is 13.9. The fourth-order valence-electron chi connectivity index (χ4n) is 3.58. The zero-order valence-electron chi connectivity index (χ0n) is 15.5. The largest absolute Gasteiger partial charge is 0.344 e. The van der Waals surface area contributed by atoms with Gasteiger partial charge in [0.2, 0.25) is 5.91 Å². The summed E-state index contributed by atoms with van der Waals surface area (Å²) in [5, 5.41) is 9.47. The molecule has 2 N–H and O–H groups in total. The van der Waals surface area contributed by atoms with Crippen LogP contribution in [-0.2, 0) is 17.8 Å². The first-order valence-electron chi connectivity index (χ1n) is 9.07. The number of pyridine rings is 1. The molecule has 1 atom stereocenters. The summed E-state index contributed by atoms with van der Waals surface area (Å²) in [7, 11) is 1.68. The van der Waals surface area contributed by atoms with Gasteiger partial charge in [0.1, 0.15) is 11.9 Å². The average molecular weight is 404 g/mol. The van der Waals surface area contributed by atoms with E-state index in [-0.39, 0.29) is 24.7 Å². The summed E-state index contributed by atoms with van der Waals surface area (Å²) in [5.41, 5.74) is 0.918. The lowest BCUT2D eigenvalue weighted by Crippen LogP contribution is -2.41. The number of hydrogen-bond donors (Lipinski definition) is 2. The quantitative estimate of drug-likeness (QED) is 0.762. The highest BCUT2D eigenvalue weighted by Gasteiger charge is 2.33. The molecule has 0 aliphatic carbocycles. The Morgan fingerprint density at radius 2 is 2.07 bits per heavy atom. The minimum atomic E-state index is -1.03. The van der Waals surface area contributed by atoms with Crippen LogP contribution in [0.5, 0.6) is 0 Å². The number of nitrogens with zero attached hydrogens (tertiary/aromatic N) is 4. The Kier molecular flexibility index (Phi) is 4.73. The summed E-state index contributed by atoms with van der Waals surface area (Å²) in [5.74, 6) is -3.17. The number of carbonyl (C=O) groups excluding carboxylic acids is 3. The Morgan fingerprint density at radius 1 is 1.28 bits per heavy atom. The highest BCUT2D eigenvalue weighted by atomic mass is 19.1. The monoisotopic (exact) mass is 404 g/mol. The first-order chi connectivity index (χ1) is 13.8. The first-order valence-corrected chi connectivity index (χ1v) is 9.07. The molecule has 2 aliphatic heterocycles. The van der Waals surface area contributed by atoms with E-state index in [4.69, 9.17) is 0 Å². The van der Waals surface area contributed by atoms with Crippen LogP contribution in [0.4, 0.5) is 8.78 Å². The van der Waals surface area contributed by atoms with Crippen LogP contribution in [0.2, 0.25) is 0 Å². The first kappa shape index (κ1) is 19.0. The number of nitrogens with one attached hydrogen (secondary N) is 2. The predicted octanol–water partition coefficient (Wildman–Crippen LogP) is 0.242. The SMILES string of the molecule is CN1CCC(NC(=O)c2n[nH]c3c2CCN(C(=O)c2ncc(F)cc2F)C3)C1=O. The summed E-state index contributed by atoms with van der Waals surface area (Å²) < 4.78 is 26.9. The number of fused-ring (bicyclic) bond motifs is 1. The molecule has 4 heterocycles. The minimum absolute atomic E-state index is 0.0814. The molecule has 2 aliphatic rings. The molecule has 1 saturated heterocycles. The number of likely N-dealkylation sites (tertiary alicyclic amines) is 1. The van der Waals surface area contributed by atoms with Crippen molar-refractivity contribution in [2.24, 2.45) is 0 Å². The van der Waals surface area contributed by atoms with E-state index in [0.29, 0.717) is 36.7 Å². The van der Waals surface area contributed by atoms with Crippen molar-refractivity contribution >= 4 is 17.7 Å². The molecule has 2 aromatic rings. The molecule has 152 valence electrons. The van der Waals surface area contributed by atoms with Gasteiger partial charge in [-0.05, 0) is 12.8 Å². The van der Waals surface area contributed by atoms with E-state index >= 15 is 0 Å². The third-order valence-corrected chi connectivity index (χ3v) is 5.18. The topological polar surface area (TPSA) is 111 Å². The van der Waals surface area contributed by atoms with Crippen LogP contribution in [0.3, 0.4) is 0 Å². The van der Waals surface area contributed by atoms with Gasteiger partial charge in [0.25, 0.3) is 11.8 Å². The Morgan fingerprint density at radius 3 is 2.76 bits per heavy atom. The van der Waals surface area contributed by atoms with E-state index in [0.717, 1.165) is 6.20 Å². The van der Waals surface area contributed by atoms with Crippen molar-refractivity contribution in [1.82, 2.24) is 30.3 Å². The molecule has 4 rings (SSSR count). The van der Waals surface area contributed by atoms with E-state index < -0.39 is 35.2 Å². The smallest absolute Gasteiger partial charge is 0.275 e. The molecule has 3 amide bonds. The molecule has 9 nitrogen and oxygen atoms in total. The fourth-order valence-corrected chi connectivity index (χ4v) is 3.58. The molecule has 0 spiro atoms. The summed E-state index contributed by atoms with van der Waals surface area (Å²) in [6.45, 7) is 0.876. The average Bonchev–Trinajstić information content (AvgIpc) is 3.25. The highest BCUT2D eigenvalue weighted by Crippen LogP contribution is 2.22. The number of H-pyrrole nitrogens is 1. The van der Waals surface area contributed by atoms with Gasteiger partial charge in [0.05, 0.1) is 18.4 Å². The van der Waals surface area contributed by atoms with Crippen LogP contribution in [0, 0.1) is 11.6 Å². The summed E-state index contributed by atoms with van der Waals surface area (Å²) >= 11 is 0. The molecular formula is C18H18F2N6O3. The van der Waals surface area contributed by atoms with Crippen LogP contribution in [0.1, 0.15) is 38.7 Å². The van der Waals surface area contributed by atoms with Gasteiger partial charge in [-0.25, -0.2) is 13.8 Å². The lowest BCUT2D eigenvalue weighted by atomic mass is 10.0. The van der Waals surface area contributed by atoms with Gasteiger partial charge in [0, 0.05) is 31.8 Å². The van der Waals surface area contributed by atoms with Crippen LogP contribution in [0.25, 0.3) is 0 Å². The van der Waals surface area contributed by atoms with Crippen molar-refractivity contribution in [2.75, 3.05) is 20.1 Å². The van der Waals surface area contributed by atoms with Crippen molar-refractivity contribution < 1.29 is 23.2 Å². The molecule has 1 fully saturated rings. The second-order valence-electron chi connectivity index (χ2n) is 7.06. The van der Waals surface area contributed by atoms with Crippen molar-refractivity contribution in [1.29, 1.82) is 0 Å². The van der Waals surface area contributed by atoms with Crippen molar-refractivity contribution in [2.45, 2.75) is 25.4 Å². The lowest BCUT2D eigenvalue weighted by molar-refractivity contribution is -0.128. The number of halogens is 2. The Bertz CT molecular complexity index is 1010. The van der Waals surface area contributed by atoms with Gasteiger partial charge < -0.3 is 15.1 Å². The van der Waals surface area contributed by atoms with Crippen molar-refractivity contribution in [3.8, 4) is 0 Å². The normalized spacial score (nSPS) is 18.7. The Labute approximate surface area is 164 Å². The fraction of sp³-hybridized carbons (Fsp3) is 0.389. The minimum Gasteiger partial charge on any atom is -0.344 e. The maximum atomic E-state index is 13.9. The van der Waals surface area contributed by atoms with Gasteiger partial charge in [-0.2, -0.15) is 5.10 Å². The van der Waals surface area contributed by atoms with Gasteiger partial charge >= 0.3 is 0 Å². The highest BCUT2D eigenvalue weighted by molar-refractivity contribution is 5.98. The summed E-state index contributed by atoms with van der Waals surface area (Å²) in [6, 6.07) is 0.0322. The van der Waals surface area contributed by atoms with Gasteiger partial charge in [0.15, 0.2) is 17.2 Å². The zero-order valence-corrected chi connectivity index (χ0v) is 15.5. The molecule has 0 radical (unpaired) electrons. The van der Waals surface area contributed by atoms with E-state index in [1.54, 1.807) is 11.9 Å². The number of hydrogen-bond acceptors (Lipinski definition) is 5. The molecule has 0 aromatic carbocycles. The third-order valence-electron chi connectivity index (χ3n) is 5.18. The molecule has 0 saturated carbocycles. The number of carbonyl (C=O) groups is 3. The predicted molar refractivity (Wildman–Crippen MR) is 94.7 cm³/mol. The molecular weight excluding hydrogens is 386 g/mol. The molecule has 1 unspecified atom stereocenters. The van der Waals surface area contributed by atoms with Gasteiger partial charge in [-0.3, -0.25) is 19.5 Å². The number of aromatic nitrogens is 3. The van der Waals surface area contributed by atoms with Crippen molar-refractivity contribution in [3.63, 3.8) is 0 Å². The summed E-state index contributed by atoms with van der Waals surface area (Å²) in [6.07, 6.45) is 1.64. The van der Waals surface area contributed by atoms with E-state index in [9.17, 15) is 23.2 Å². The zero-order chi connectivity index (χ0) is 20.7. The Hall–Kier alpha value is -3.37. The third kappa shape index (κ3) is 3.43. The number of amides is 3. The van der Waals surface area contributed by atoms with Crippen LogP contribution >= 0.6 is 0 Å².